The van der Waals surface area contributed by atoms with E-state index < -0.39 is 0 Å². The molecule has 6 heteroatoms. The summed E-state index contributed by atoms with van der Waals surface area (Å²) < 4.78 is 0. The first-order chi connectivity index (χ1) is 14.1. The van der Waals surface area contributed by atoms with Crippen LogP contribution in [-0.2, 0) is 4.79 Å². The lowest BCUT2D eigenvalue weighted by molar-refractivity contribution is -0.129. The molecule has 1 aromatic heterocycles. The maximum Gasteiger partial charge on any atom is 0.229 e. The molecule has 0 saturated carbocycles. The number of hydrogen-bond donors (Lipinski definition) is 1. The molecule has 1 N–H and O–H groups in total. The molecule has 1 aliphatic heterocycles. The Labute approximate surface area is 171 Å². The van der Waals surface area contributed by atoms with E-state index in [2.05, 4.69) is 41.4 Å². The molecule has 148 valence electrons. The van der Waals surface area contributed by atoms with E-state index in [-0.39, 0.29) is 5.91 Å². The predicted octanol–water partition coefficient (Wildman–Crippen LogP) is 3.86. The zero-order valence-corrected chi connectivity index (χ0v) is 16.8. The van der Waals surface area contributed by atoms with Gasteiger partial charge in [-0.2, -0.15) is 4.98 Å². The van der Waals surface area contributed by atoms with Gasteiger partial charge in [0.15, 0.2) is 0 Å². The van der Waals surface area contributed by atoms with Crippen molar-refractivity contribution in [3.8, 4) is 11.3 Å². The lowest BCUT2D eigenvalue weighted by atomic mass is 10.1. The number of aryl methyl sites for hydroxylation is 1. The molecule has 1 fully saturated rings. The molecule has 0 atom stereocenters. The first-order valence-electron chi connectivity index (χ1n) is 9.87. The average molecular weight is 387 g/mol. The molecular formula is C23H25N5O. The van der Waals surface area contributed by atoms with E-state index in [1.54, 1.807) is 6.92 Å². The summed E-state index contributed by atoms with van der Waals surface area (Å²) in [4.78, 5) is 25.3. The van der Waals surface area contributed by atoms with Gasteiger partial charge in [-0.25, -0.2) is 4.98 Å². The highest BCUT2D eigenvalue weighted by Gasteiger charge is 2.21. The number of aromatic nitrogens is 2. The molecule has 0 radical (unpaired) electrons. The Morgan fingerprint density at radius 3 is 2.38 bits per heavy atom. The number of nitrogens with zero attached hydrogens (tertiary/aromatic N) is 4. The van der Waals surface area contributed by atoms with Gasteiger partial charge in [-0.3, -0.25) is 4.79 Å². The molecule has 1 aliphatic rings. The number of piperazine rings is 1. The summed E-state index contributed by atoms with van der Waals surface area (Å²) >= 11 is 0. The molecule has 0 bridgehead atoms. The van der Waals surface area contributed by atoms with Crippen molar-refractivity contribution < 1.29 is 4.79 Å². The lowest BCUT2D eigenvalue weighted by Gasteiger charge is -2.35. The standard InChI is InChI=1S/C23H25N5O/c1-17-7-6-10-20(15-17)24-23-25-21(19-8-4-3-5-9-19)16-22(26-23)28-13-11-27(12-14-28)18(2)29/h3-10,15-16H,11-14H2,1-2H3,(H,24,25,26). The van der Waals surface area contributed by atoms with E-state index in [4.69, 9.17) is 9.97 Å². The predicted molar refractivity (Wildman–Crippen MR) is 116 cm³/mol. The number of amides is 1. The molecular weight excluding hydrogens is 362 g/mol. The molecule has 0 unspecified atom stereocenters. The van der Waals surface area contributed by atoms with Crippen LogP contribution in [0.4, 0.5) is 17.5 Å². The van der Waals surface area contributed by atoms with Crippen LogP contribution < -0.4 is 10.2 Å². The highest BCUT2D eigenvalue weighted by Crippen LogP contribution is 2.26. The van der Waals surface area contributed by atoms with Crippen molar-refractivity contribution in [1.29, 1.82) is 0 Å². The van der Waals surface area contributed by atoms with Crippen LogP contribution >= 0.6 is 0 Å². The van der Waals surface area contributed by atoms with E-state index in [0.717, 1.165) is 35.9 Å². The minimum atomic E-state index is 0.124. The Balaban J connectivity index is 1.66. The van der Waals surface area contributed by atoms with E-state index in [1.165, 1.54) is 5.56 Å². The van der Waals surface area contributed by atoms with Crippen LogP contribution in [0.2, 0.25) is 0 Å². The summed E-state index contributed by atoms with van der Waals surface area (Å²) in [6.45, 7) is 6.62. The molecule has 6 nitrogen and oxygen atoms in total. The second-order valence-electron chi connectivity index (χ2n) is 7.29. The summed E-state index contributed by atoms with van der Waals surface area (Å²) in [7, 11) is 0. The molecule has 2 aromatic carbocycles. The van der Waals surface area contributed by atoms with Crippen LogP contribution in [-0.4, -0.2) is 47.0 Å². The highest BCUT2D eigenvalue weighted by atomic mass is 16.2. The van der Waals surface area contributed by atoms with Crippen LogP contribution in [0.25, 0.3) is 11.3 Å². The zero-order chi connectivity index (χ0) is 20.2. The summed E-state index contributed by atoms with van der Waals surface area (Å²) in [6.07, 6.45) is 0. The third-order valence-corrected chi connectivity index (χ3v) is 5.11. The normalized spacial score (nSPS) is 14.0. The maximum atomic E-state index is 11.6. The number of rotatable bonds is 4. The van der Waals surface area contributed by atoms with Gasteiger partial charge in [0.25, 0.3) is 0 Å². The third-order valence-electron chi connectivity index (χ3n) is 5.11. The van der Waals surface area contributed by atoms with Gasteiger partial charge in [0, 0.05) is 50.4 Å². The van der Waals surface area contributed by atoms with Crippen molar-refractivity contribution in [3.05, 3.63) is 66.2 Å². The van der Waals surface area contributed by atoms with Gasteiger partial charge >= 0.3 is 0 Å². The third kappa shape index (κ3) is 4.54. The summed E-state index contributed by atoms with van der Waals surface area (Å²) in [5.74, 6) is 1.57. The van der Waals surface area contributed by atoms with Gasteiger partial charge < -0.3 is 15.1 Å². The van der Waals surface area contributed by atoms with Gasteiger partial charge in [0.05, 0.1) is 5.69 Å². The number of carbonyl (C=O) groups is 1. The van der Waals surface area contributed by atoms with E-state index in [0.29, 0.717) is 19.0 Å². The smallest absolute Gasteiger partial charge is 0.229 e. The van der Waals surface area contributed by atoms with E-state index >= 15 is 0 Å². The molecule has 3 aromatic rings. The number of hydrogen-bond acceptors (Lipinski definition) is 5. The van der Waals surface area contributed by atoms with Crippen LogP contribution in [0.3, 0.4) is 0 Å². The Morgan fingerprint density at radius 1 is 0.931 bits per heavy atom. The number of benzene rings is 2. The van der Waals surface area contributed by atoms with Gasteiger partial charge in [0.1, 0.15) is 5.82 Å². The highest BCUT2D eigenvalue weighted by molar-refractivity contribution is 5.73. The molecule has 4 rings (SSSR count). The van der Waals surface area contributed by atoms with Crippen molar-refractivity contribution in [2.45, 2.75) is 13.8 Å². The van der Waals surface area contributed by atoms with E-state index in [1.807, 2.05) is 41.3 Å². The Morgan fingerprint density at radius 2 is 1.69 bits per heavy atom. The first-order valence-corrected chi connectivity index (χ1v) is 9.87. The molecule has 2 heterocycles. The quantitative estimate of drug-likeness (QED) is 0.736. The van der Waals surface area contributed by atoms with Crippen LogP contribution in [0.15, 0.2) is 60.7 Å². The van der Waals surface area contributed by atoms with Crippen molar-refractivity contribution in [2.24, 2.45) is 0 Å². The Hall–Kier alpha value is -3.41. The fraction of sp³-hybridized carbons (Fsp3) is 0.261. The summed E-state index contributed by atoms with van der Waals surface area (Å²) in [6, 6.07) is 20.3. The topological polar surface area (TPSA) is 61.4 Å². The second kappa shape index (κ2) is 8.31. The second-order valence-corrected chi connectivity index (χ2v) is 7.29. The van der Waals surface area contributed by atoms with Crippen LogP contribution in [0.1, 0.15) is 12.5 Å². The van der Waals surface area contributed by atoms with Crippen molar-refractivity contribution in [3.63, 3.8) is 0 Å². The fourth-order valence-electron chi connectivity index (χ4n) is 3.51. The fourth-order valence-corrected chi connectivity index (χ4v) is 3.51. The lowest BCUT2D eigenvalue weighted by Crippen LogP contribution is -2.48. The largest absolute Gasteiger partial charge is 0.353 e. The molecule has 0 spiro atoms. The average Bonchev–Trinajstić information content (AvgIpc) is 2.74. The van der Waals surface area contributed by atoms with Crippen LogP contribution in [0, 0.1) is 6.92 Å². The first kappa shape index (κ1) is 18.9. The van der Waals surface area contributed by atoms with Gasteiger partial charge in [-0.15, -0.1) is 0 Å². The van der Waals surface area contributed by atoms with Crippen molar-refractivity contribution in [1.82, 2.24) is 14.9 Å². The monoisotopic (exact) mass is 387 g/mol. The molecule has 1 amide bonds. The number of anilines is 3. The Kier molecular flexibility index (Phi) is 5.42. The minimum absolute atomic E-state index is 0.124. The van der Waals surface area contributed by atoms with Crippen LogP contribution in [0.5, 0.6) is 0 Å². The van der Waals surface area contributed by atoms with Crippen molar-refractivity contribution >= 4 is 23.4 Å². The maximum absolute atomic E-state index is 11.6. The zero-order valence-electron chi connectivity index (χ0n) is 16.8. The van der Waals surface area contributed by atoms with Gasteiger partial charge in [0.2, 0.25) is 11.9 Å². The Bertz CT molecular complexity index is 997. The number of nitrogens with one attached hydrogen (secondary N) is 1. The van der Waals surface area contributed by atoms with E-state index in [9.17, 15) is 4.79 Å². The SMILES string of the molecule is CC(=O)N1CCN(c2cc(-c3ccccc3)nc(Nc3cccc(C)c3)n2)CC1. The molecule has 29 heavy (non-hydrogen) atoms. The van der Waals surface area contributed by atoms with Gasteiger partial charge in [-0.05, 0) is 24.6 Å². The van der Waals surface area contributed by atoms with Gasteiger partial charge in [-0.1, -0.05) is 42.5 Å². The number of carbonyl (C=O) groups excluding carboxylic acids is 1. The molecule has 0 aliphatic carbocycles. The van der Waals surface area contributed by atoms with Crippen molar-refractivity contribution in [2.75, 3.05) is 36.4 Å². The molecule has 1 saturated heterocycles. The minimum Gasteiger partial charge on any atom is -0.353 e. The summed E-state index contributed by atoms with van der Waals surface area (Å²) in [5.41, 5.74) is 4.06. The summed E-state index contributed by atoms with van der Waals surface area (Å²) in [5, 5.41) is 3.35.